The van der Waals surface area contributed by atoms with Gasteiger partial charge < -0.3 is 5.32 Å². The van der Waals surface area contributed by atoms with Gasteiger partial charge in [-0.1, -0.05) is 13.3 Å². The summed E-state index contributed by atoms with van der Waals surface area (Å²) < 4.78 is 1.06. The number of halogens is 1. The minimum Gasteiger partial charge on any atom is -0.364 e. The van der Waals surface area contributed by atoms with Crippen LogP contribution in [-0.4, -0.2) is 10.5 Å². The van der Waals surface area contributed by atoms with Crippen LogP contribution >= 0.6 is 15.9 Å². The van der Waals surface area contributed by atoms with Crippen LogP contribution in [0.5, 0.6) is 0 Å². The number of hydrogen-bond donors (Lipinski definition) is 1. The van der Waals surface area contributed by atoms with Crippen molar-refractivity contribution < 1.29 is 0 Å². The zero-order valence-corrected chi connectivity index (χ0v) is 11.5. The number of rotatable bonds is 4. The maximum absolute atomic E-state index is 4.35. The van der Waals surface area contributed by atoms with Crippen molar-refractivity contribution in [2.24, 2.45) is 0 Å². The van der Waals surface area contributed by atoms with Gasteiger partial charge in [0.2, 0.25) is 0 Å². The van der Waals surface area contributed by atoms with E-state index in [-0.39, 0.29) is 5.54 Å². The van der Waals surface area contributed by atoms with Gasteiger partial charge >= 0.3 is 0 Å². The molecule has 0 fully saturated rings. The molecule has 2 nitrogen and oxygen atoms in total. The first-order valence-electron chi connectivity index (χ1n) is 5.35. The van der Waals surface area contributed by atoms with Gasteiger partial charge in [0.15, 0.2) is 0 Å². The maximum atomic E-state index is 4.35. The van der Waals surface area contributed by atoms with Gasteiger partial charge in [0, 0.05) is 11.7 Å². The molecule has 0 aliphatic rings. The van der Waals surface area contributed by atoms with Crippen molar-refractivity contribution >= 4 is 21.7 Å². The summed E-state index contributed by atoms with van der Waals surface area (Å²) in [5.74, 6) is 0.938. The van der Waals surface area contributed by atoms with Crippen LogP contribution in [0.1, 0.15) is 39.2 Å². The van der Waals surface area contributed by atoms with Gasteiger partial charge in [0.05, 0.1) is 4.47 Å². The number of anilines is 1. The van der Waals surface area contributed by atoms with E-state index in [9.17, 15) is 0 Å². The quantitative estimate of drug-likeness (QED) is 0.890. The van der Waals surface area contributed by atoms with E-state index < -0.39 is 0 Å². The second kappa shape index (κ2) is 4.97. The highest BCUT2D eigenvalue weighted by Gasteiger charge is 2.18. The molecule has 0 aliphatic carbocycles. The van der Waals surface area contributed by atoms with E-state index in [2.05, 4.69) is 53.9 Å². The topological polar surface area (TPSA) is 24.9 Å². The Morgan fingerprint density at radius 1 is 1.47 bits per heavy atom. The van der Waals surface area contributed by atoms with Crippen molar-refractivity contribution in [1.82, 2.24) is 4.98 Å². The minimum atomic E-state index is 0.0953. The van der Waals surface area contributed by atoms with E-state index >= 15 is 0 Å². The van der Waals surface area contributed by atoms with Gasteiger partial charge in [-0.05, 0) is 54.8 Å². The van der Waals surface area contributed by atoms with Crippen molar-refractivity contribution in [3.05, 3.63) is 22.3 Å². The fourth-order valence-corrected chi connectivity index (χ4v) is 1.97. The number of aromatic nitrogens is 1. The zero-order valence-electron chi connectivity index (χ0n) is 9.89. The Balaban J connectivity index is 2.85. The summed E-state index contributed by atoms with van der Waals surface area (Å²) in [5.41, 5.74) is 1.30. The first kappa shape index (κ1) is 12.5. The number of aryl methyl sites for hydroxylation is 1. The van der Waals surface area contributed by atoms with Crippen LogP contribution in [0.25, 0.3) is 0 Å². The molecule has 0 unspecified atom stereocenters. The van der Waals surface area contributed by atoms with Crippen molar-refractivity contribution in [3.63, 3.8) is 0 Å². The Hall–Kier alpha value is -0.570. The van der Waals surface area contributed by atoms with Crippen LogP contribution in [0, 0.1) is 6.92 Å². The van der Waals surface area contributed by atoms with Gasteiger partial charge in [-0.3, -0.25) is 0 Å². The Morgan fingerprint density at radius 3 is 2.73 bits per heavy atom. The van der Waals surface area contributed by atoms with Crippen molar-refractivity contribution in [1.29, 1.82) is 0 Å². The fourth-order valence-electron chi connectivity index (χ4n) is 1.64. The Kier molecular flexibility index (Phi) is 4.14. The molecule has 1 rings (SSSR count). The Morgan fingerprint density at radius 2 is 2.13 bits per heavy atom. The van der Waals surface area contributed by atoms with Crippen LogP contribution in [0.2, 0.25) is 0 Å². The highest BCUT2D eigenvalue weighted by molar-refractivity contribution is 9.10. The molecule has 0 amide bonds. The molecule has 0 bridgehead atoms. The van der Waals surface area contributed by atoms with Crippen LogP contribution in [0.15, 0.2) is 16.7 Å². The number of nitrogens with one attached hydrogen (secondary N) is 1. The SMILES string of the molecule is CCCC(C)(C)Nc1nccc(C)c1Br. The lowest BCUT2D eigenvalue weighted by Crippen LogP contribution is -2.31. The zero-order chi connectivity index (χ0) is 11.5. The third-order valence-electron chi connectivity index (χ3n) is 2.41. The van der Waals surface area contributed by atoms with Crippen LogP contribution < -0.4 is 5.32 Å². The lowest BCUT2D eigenvalue weighted by atomic mass is 9.99. The summed E-state index contributed by atoms with van der Waals surface area (Å²) in [6.07, 6.45) is 4.14. The predicted octanol–water partition coefficient (Wildman–Crippen LogP) is 4.14. The summed E-state index contributed by atoms with van der Waals surface area (Å²) in [7, 11) is 0. The molecule has 3 heteroatoms. The molecule has 84 valence electrons. The van der Waals surface area contributed by atoms with Crippen molar-refractivity contribution in [2.45, 2.75) is 46.1 Å². The van der Waals surface area contributed by atoms with Crippen LogP contribution in [0.3, 0.4) is 0 Å². The number of nitrogens with zero attached hydrogens (tertiary/aromatic N) is 1. The molecular formula is C12H19BrN2. The van der Waals surface area contributed by atoms with Crippen molar-refractivity contribution in [3.8, 4) is 0 Å². The molecule has 1 aromatic rings. The monoisotopic (exact) mass is 270 g/mol. The minimum absolute atomic E-state index is 0.0953. The van der Waals surface area contributed by atoms with Gasteiger partial charge in [-0.15, -0.1) is 0 Å². The lowest BCUT2D eigenvalue weighted by molar-refractivity contribution is 0.508. The molecule has 15 heavy (non-hydrogen) atoms. The Bertz CT molecular complexity index is 334. The molecule has 0 saturated heterocycles. The lowest BCUT2D eigenvalue weighted by Gasteiger charge is -2.27. The summed E-state index contributed by atoms with van der Waals surface area (Å²) in [4.78, 5) is 4.35. The third kappa shape index (κ3) is 3.49. The molecular weight excluding hydrogens is 252 g/mol. The molecule has 0 aliphatic heterocycles. The van der Waals surface area contributed by atoms with Gasteiger partial charge in [0.1, 0.15) is 5.82 Å². The van der Waals surface area contributed by atoms with E-state index in [0.717, 1.165) is 16.7 Å². The van der Waals surface area contributed by atoms with E-state index in [1.165, 1.54) is 12.0 Å². The predicted molar refractivity (Wildman–Crippen MR) is 69.3 cm³/mol. The second-order valence-corrected chi connectivity index (χ2v) is 5.34. The Labute approximate surface area is 101 Å². The van der Waals surface area contributed by atoms with Crippen LogP contribution in [0.4, 0.5) is 5.82 Å². The van der Waals surface area contributed by atoms with E-state index in [1.807, 2.05) is 12.3 Å². The fraction of sp³-hybridized carbons (Fsp3) is 0.583. The van der Waals surface area contributed by atoms with E-state index in [1.54, 1.807) is 0 Å². The summed E-state index contributed by atoms with van der Waals surface area (Å²) >= 11 is 3.56. The van der Waals surface area contributed by atoms with E-state index in [4.69, 9.17) is 0 Å². The summed E-state index contributed by atoms with van der Waals surface area (Å²) in [5, 5.41) is 3.47. The molecule has 0 saturated carbocycles. The number of pyridine rings is 1. The summed E-state index contributed by atoms with van der Waals surface area (Å²) in [6.45, 7) is 8.67. The van der Waals surface area contributed by atoms with Gasteiger partial charge in [0.25, 0.3) is 0 Å². The number of hydrogen-bond acceptors (Lipinski definition) is 2. The van der Waals surface area contributed by atoms with Crippen LogP contribution in [-0.2, 0) is 0 Å². The second-order valence-electron chi connectivity index (χ2n) is 4.55. The smallest absolute Gasteiger partial charge is 0.140 e. The normalized spacial score (nSPS) is 11.5. The highest BCUT2D eigenvalue weighted by atomic mass is 79.9. The first-order valence-corrected chi connectivity index (χ1v) is 6.15. The molecule has 1 N–H and O–H groups in total. The standard InChI is InChI=1S/C12H19BrN2/c1-5-7-12(3,4)15-11-10(13)9(2)6-8-14-11/h6,8H,5,7H2,1-4H3,(H,14,15). The maximum Gasteiger partial charge on any atom is 0.140 e. The molecule has 1 aromatic heterocycles. The molecule has 0 spiro atoms. The van der Waals surface area contributed by atoms with Crippen molar-refractivity contribution in [2.75, 3.05) is 5.32 Å². The third-order valence-corrected chi connectivity index (χ3v) is 3.42. The molecule has 0 atom stereocenters. The average molecular weight is 271 g/mol. The highest BCUT2D eigenvalue weighted by Crippen LogP contribution is 2.27. The van der Waals surface area contributed by atoms with E-state index in [0.29, 0.717) is 0 Å². The first-order chi connectivity index (χ1) is 6.96. The molecule has 0 aromatic carbocycles. The van der Waals surface area contributed by atoms with Gasteiger partial charge in [-0.2, -0.15) is 0 Å². The molecule has 0 radical (unpaired) electrons. The average Bonchev–Trinajstić information content (AvgIpc) is 2.12. The van der Waals surface area contributed by atoms with Gasteiger partial charge in [-0.25, -0.2) is 4.98 Å². The largest absolute Gasteiger partial charge is 0.364 e. The summed E-state index contributed by atoms with van der Waals surface area (Å²) in [6, 6.07) is 2.00. The molecule has 1 heterocycles.